The quantitative estimate of drug-likeness (QED) is 0.291. The van der Waals surface area contributed by atoms with E-state index in [4.69, 9.17) is 9.72 Å². The molecule has 0 radical (unpaired) electrons. The van der Waals surface area contributed by atoms with Crippen LogP contribution in [0.3, 0.4) is 0 Å². The largest absolute Gasteiger partial charge is 0.494 e. The Bertz CT molecular complexity index is 1020. The number of aromatic nitrogens is 1. The van der Waals surface area contributed by atoms with E-state index in [-0.39, 0.29) is 18.3 Å². The summed E-state index contributed by atoms with van der Waals surface area (Å²) in [7, 11) is 4.10. The third-order valence-corrected chi connectivity index (χ3v) is 6.89. The predicted molar refractivity (Wildman–Crippen MR) is 145 cm³/mol. The number of thiazole rings is 1. The van der Waals surface area contributed by atoms with Crippen LogP contribution < -0.4 is 9.64 Å². The number of nitrogens with zero attached hydrogens (tertiary/aromatic N) is 3. The molecule has 3 aromatic rings. The zero-order valence-electron chi connectivity index (χ0n) is 20.0. The molecule has 0 bridgehead atoms. The van der Waals surface area contributed by atoms with Crippen molar-refractivity contribution in [2.24, 2.45) is 0 Å². The van der Waals surface area contributed by atoms with Crippen LogP contribution in [-0.4, -0.2) is 54.8 Å². The Hall–Kier alpha value is -1.80. The third kappa shape index (κ3) is 8.18. The fourth-order valence-corrected chi connectivity index (χ4v) is 5.24. The fourth-order valence-electron chi connectivity index (χ4n) is 3.36. The maximum Gasteiger partial charge on any atom is 0.233 e. The lowest BCUT2D eigenvalue weighted by Gasteiger charge is -2.21. The van der Waals surface area contributed by atoms with Crippen molar-refractivity contribution in [3.8, 4) is 5.75 Å². The number of hydrogen-bond acceptors (Lipinski definition) is 6. The zero-order valence-corrected chi connectivity index (χ0v) is 22.5. The van der Waals surface area contributed by atoms with E-state index in [2.05, 4.69) is 57.1 Å². The van der Waals surface area contributed by atoms with Crippen LogP contribution in [0.1, 0.15) is 32.8 Å². The van der Waals surface area contributed by atoms with Gasteiger partial charge in [-0.05, 0) is 69.9 Å². The molecule has 0 unspecified atom stereocenters. The van der Waals surface area contributed by atoms with E-state index in [0.29, 0.717) is 24.8 Å². The van der Waals surface area contributed by atoms with Crippen molar-refractivity contribution in [1.82, 2.24) is 9.88 Å². The highest BCUT2D eigenvalue weighted by molar-refractivity contribution is 7.99. The van der Waals surface area contributed by atoms with Crippen molar-refractivity contribution in [3.05, 3.63) is 48.0 Å². The number of anilines is 1. The molecule has 5 nitrogen and oxygen atoms in total. The number of carbonyl (C=O) groups is 1. The van der Waals surface area contributed by atoms with Crippen LogP contribution in [0, 0.1) is 0 Å². The van der Waals surface area contributed by atoms with Gasteiger partial charge in [0.1, 0.15) is 5.75 Å². The van der Waals surface area contributed by atoms with Crippen molar-refractivity contribution in [2.45, 2.75) is 43.8 Å². The molecule has 8 heteroatoms. The maximum absolute atomic E-state index is 13.3. The Labute approximate surface area is 211 Å². The number of rotatable bonds is 11. The SMILES string of the molecule is CCOc1ccc2nc(N(CCCN(C)C)C(=O)Cc3ccc(SC(C)C)cc3)sc2c1.Cl. The van der Waals surface area contributed by atoms with Gasteiger partial charge >= 0.3 is 0 Å². The molecule has 2 aromatic carbocycles. The van der Waals surface area contributed by atoms with Crippen LogP contribution in [0.15, 0.2) is 47.4 Å². The van der Waals surface area contributed by atoms with Crippen LogP contribution >= 0.6 is 35.5 Å². The molecule has 0 aliphatic rings. The van der Waals surface area contributed by atoms with Crippen LogP contribution in [0.5, 0.6) is 5.75 Å². The first-order valence-corrected chi connectivity index (χ1v) is 12.8. The lowest BCUT2D eigenvalue weighted by molar-refractivity contribution is -0.118. The van der Waals surface area contributed by atoms with E-state index < -0.39 is 0 Å². The van der Waals surface area contributed by atoms with E-state index >= 15 is 0 Å². The smallest absolute Gasteiger partial charge is 0.233 e. The minimum absolute atomic E-state index is 0. The Morgan fingerprint density at radius 2 is 1.85 bits per heavy atom. The highest BCUT2D eigenvalue weighted by atomic mass is 35.5. The Kier molecular flexibility index (Phi) is 11.0. The van der Waals surface area contributed by atoms with Crippen LogP contribution in [0.25, 0.3) is 10.2 Å². The number of hydrogen-bond donors (Lipinski definition) is 0. The van der Waals surface area contributed by atoms with Gasteiger partial charge in [-0.2, -0.15) is 0 Å². The molecule has 3 rings (SSSR count). The molecule has 0 spiro atoms. The summed E-state index contributed by atoms with van der Waals surface area (Å²) < 4.78 is 6.66. The standard InChI is InChI=1S/C25H33N3O2S2.ClH/c1-6-30-20-10-13-22-23(17-20)32-25(26-22)28(15-7-14-27(4)5)24(29)16-19-8-11-21(12-9-19)31-18(2)3;/h8-13,17-18H,6-7,14-16H2,1-5H3;1H. The van der Waals surface area contributed by atoms with Gasteiger partial charge in [0, 0.05) is 16.7 Å². The summed E-state index contributed by atoms with van der Waals surface area (Å²) in [5.74, 6) is 0.914. The Morgan fingerprint density at radius 3 is 2.48 bits per heavy atom. The highest BCUT2D eigenvalue weighted by Gasteiger charge is 2.20. The zero-order chi connectivity index (χ0) is 23.1. The molecule has 0 saturated heterocycles. The highest BCUT2D eigenvalue weighted by Crippen LogP contribution is 2.32. The molecule has 0 fully saturated rings. The summed E-state index contributed by atoms with van der Waals surface area (Å²) in [6, 6.07) is 14.2. The van der Waals surface area contributed by atoms with Crippen molar-refractivity contribution >= 4 is 56.8 Å². The second kappa shape index (κ2) is 13.2. The minimum Gasteiger partial charge on any atom is -0.494 e. The van der Waals surface area contributed by atoms with E-state index in [1.165, 1.54) is 4.90 Å². The maximum atomic E-state index is 13.3. The molecule has 0 N–H and O–H groups in total. The molecule has 180 valence electrons. The van der Waals surface area contributed by atoms with Crippen LogP contribution in [-0.2, 0) is 11.2 Å². The lowest BCUT2D eigenvalue weighted by atomic mass is 10.1. The fraction of sp³-hybridized carbons (Fsp3) is 0.440. The normalized spacial score (nSPS) is 11.1. The van der Waals surface area contributed by atoms with Gasteiger partial charge in [0.05, 0.1) is 23.2 Å². The van der Waals surface area contributed by atoms with Crippen molar-refractivity contribution in [2.75, 3.05) is 38.7 Å². The van der Waals surface area contributed by atoms with Crippen molar-refractivity contribution < 1.29 is 9.53 Å². The number of amides is 1. The molecule has 1 heterocycles. The Morgan fingerprint density at radius 1 is 1.12 bits per heavy atom. The van der Waals surface area contributed by atoms with Gasteiger partial charge in [0.2, 0.25) is 5.91 Å². The topological polar surface area (TPSA) is 45.7 Å². The van der Waals surface area contributed by atoms with Gasteiger partial charge in [-0.3, -0.25) is 9.69 Å². The summed E-state index contributed by atoms with van der Waals surface area (Å²) >= 11 is 3.38. The van der Waals surface area contributed by atoms with E-state index in [0.717, 1.165) is 39.6 Å². The molecule has 0 atom stereocenters. The van der Waals surface area contributed by atoms with Gasteiger partial charge in [-0.1, -0.05) is 37.3 Å². The molecular weight excluding hydrogens is 474 g/mol. The first kappa shape index (κ1) is 27.4. The van der Waals surface area contributed by atoms with E-state index in [9.17, 15) is 4.79 Å². The number of thioether (sulfide) groups is 1. The molecule has 1 amide bonds. The summed E-state index contributed by atoms with van der Waals surface area (Å²) in [6.07, 6.45) is 1.26. The molecule has 1 aromatic heterocycles. The van der Waals surface area contributed by atoms with Gasteiger partial charge in [-0.25, -0.2) is 4.98 Å². The molecular formula is C25H34ClN3O2S2. The summed E-state index contributed by atoms with van der Waals surface area (Å²) in [5.41, 5.74) is 1.93. The molecule has 0 saturated carbocycles. The summed E-state index contributed by atoms with van der Waals surface area (Å²) in [6.45, 7) is 8.54. The third-order valence-electron chi connectivity index (χ3n) is 4.83. The van der Waals surface area contributed by atoms with Gasteiger partial charge in [-0.15, -0.1) is 24.2 Å². The minimum atomic E-state index is 0. The number of ether oxygens (including phenoxy) is 1. The van der Waals surface area contributed by atoms with Gasteiger partial charge in [0.15, 0.2) is 5.13 Å². The van der Waals surface area contributed by atoms with E-state index in [1.54, 1.807) is 11.3 Å². The molecule has 0 aliphatic heterocycles. The average Bonchev–Trinajstić information content (AvgIpc) is 3.15. The first-order chi connectivity index (χ1) is 15.4. The number of carbonyl (C=O) groups excluding carboxylic acids is 1. The van der Waals surface area contributed by atoms with Gasteiger partial charge in [0.25, 0.3) is 0 Å². The average molecular weight is 508 g/mol. The summed E-state index contributed by atoms with van der Waals surface area (Å²) in [4.78, 5) is 23.3. The van der Waals surface area contributed by atoms with Crippen molar-refractivity contribution in [3.63, 3.8) is 0 Å². The monoisotopic (exact) mass is 507 g/mol. The van der Waals surface area contributed by atoms with Crippen LogP contribution in [0.4, 0.5) is 5.13 Å². The number of benzene rings is 2. The van der Waals surface area contributed by atoms with E-state index in [1.807, 2.05) is 41.8 Å². The summed E-state index contributed by atoms with van der Waals surface area (Å²) in [5, 5.41) is 1.29. The van der Waals surface area contributed by atoms with Crippen LogP contribution in [0.2, 0.25) is 0 Å². The van der Waals surface area contributed by atoms with Gasteiger partial charge < -0.3 is 9.64 Å². The first-order valence-electron chi connectivity index (χ1n) is 11.1. The molecule has 0 aliphatic carbocycles. The Balaban J connectivity index is 0.00000385. The lowest BCUT2D eigenvalue weighted by Crippen LogP contribution is -2.34. The predicted octanol–water partition coefficient (Wildman–Crippen LogP) is 6.14. The molecule has 33 heavy (non-hydrogen) atoms. The second-order valence-corrected chi connectivity index (χ2v) is 10.9. The number of halogens is 1. The second-order valence-electron chi connectivity index (χ2n) is 8.25. The van der Waals surface area contributed by atoms with Crippen molar-refractivity contribution in [1.29, 1.82) is 0 Å². The number of fused-ring (bicyclic) bond motifs is 1.